The molecule has 0 fully saturated rings. The van der Waals surface area contributed by atoms with Crippen LogP contribution in [0.25, 0.3) is 0 Å². The Kier molecular flexibility index (Phi) is 7.42. The van der Waals surface area contributed by atoms with Crippen molar-refractivity contribution in [3.63, 3.8) is 0 Å². The van der Waals surface area contributed by atoms with E-state index in [-0.39, 0.29) is 4.90 Å². The van der Waals surface area contributed by atoms with E-state index in [1.54, 1.807) is 44.2 Å². The van der Waals surface area contributed by atoms with Crippen LogP contribution < -0.4 is 10.1 Å². The van der Waals surface area contributed by atoms with Crippen molar-refractivity contribution in [2.45, 2.75) is 25.3 Å². The minimum Gasteiger partial charge on any atom is -0.495 e. The molecule has 7 nitrogen and oxygen atoms in total. The molecule has 0 aliphatic rings. The van der Waals surface area contributed by atoms with E-state index in [1.807, 2.05) is 6.07 Å². The zero-order valence-electron chi connectivity index (χ0n) is 16.6. The second-order valence-electron chi connectivity index (χ2n) is 6.00. The van der Waals surface area contributed by atoms with Crippen LogP contribution in [-0.4, -0.2) is 46.0 Å². The molecule has 0 unspecified atom stereocenters. The molecule has 152 valence electrons. The molecular formula is C20H26N2O5S. The number of hydrogen-bond acceptors (Lipinski definition) is 6. The van der Waals surface area contributed by atoms with Crippen LogP contribution in [-0.2, 0) is 21.3 Å². The van der Waals surface area contributed by atoms with Gasteiger partial charge in [-0.3, -0.25) is 0 Å². The Labute approximate surface area is 166 Å². The van der Waals surface area contributed by atoms with Gasteiger partial charge in [-0.05, 0) is 35.9 Å². The monoisotopic (exact) mass is 406 g/mol. The lowest BCUT2D eigenvalue weighted by molar-refractivity contribution is 0.0600. The summed E-state index contributed by atoms with van der Waals surface area (Å²) in [6, 6.07) is 11.8. The average Bonchev–Trinajstić information content (AvgIpc) is 2.72. The van der Waals surface area contributed by atoms with E-state index >= 15 is 0 Å². The number of rotatable bonds is 9. The number of anilines is 1. The first-order valence-corrected chi connectivity index (χ1v) is 10.4. The summed E-state index contributed by atoms with van der Waals surface area (Å²) in [5.74, 6) is 0.120. The number of nitrogens with zero attached hydrogens (tertiary/aromatic N) is 1. The molecular weight excluding hydrogens is 380 g/mol. The summed E-state index contributed by atoms with van der Waals surface area (Å²) in [6.07, 6.45) is 0. The lowest BCUT2D eigenvalue weighted by Crippen LogP contribution is -2.30. The maximum absolute atomic E-state index is 12.8. The van der Waals surface area contributed by atoms with Crippen LogP contribution in [0.15, 0.2) is 47.4 Å². The number of sulfonamides is 1. The highest BCUT2D eigenvalue weighted by Crippen LogP contribution is 2.29. The van der Waals surface area contributed by atoms with E-state index in [0.29, 0.717) is 36.6 Å². The lowest BCUT2D eigenvalue weighted by Gasteiger charge is -2.20. The number of esters is 1. The molecule has 0 heterocycles. The van der Waals surface area contributed by atoms with Crippen LogP contribution >= 0.6 is 0 Å². The molecule has 0 bridgehead atoms. The molecule has 0 radical (unpaired) electrons. The standard InChI is InChI=1S/C20H26N2O5S/c1-5-22(6-2)28(24,25)17-10-11-19(26-3)18(13-17)21-14-15-8-7-9-16(12-15)20(23)27-4/h7-13,21H,5-6,14H2,1-4H3. The molecule has 0 aliphatic heterocycles. The zero-order valence-corrected chi connectivity index (χ0v) is 17.4. The van der Waals surface area contributed by atoms with E-state index in [9.17, 15) is 13.2 Å². The highest BCUT2D eigenvalue weighted by atomic mass is 32.2. The molecule has 0 atom stereocenters. The number of ether oxygens (including phenoxy) is 2. The van der Waals surface area contributed by atoms with Gasteiger partial charge in [0, 0.05) is 19.6 Å². The Bertz CT molecular complexity index is 924. The Hall–Kier alpha value is -2.58. The van der Waals surface area contributed by atoms with Crippen molar-refractivity contribution in [2.75, 3.05) is 32.6 Å². The average molecular weight is 407 g/mol. The number of nitrogens with one attached hydrogen (secondary N) is 1. The summed E-state index contributed by atoms with van der Waals surface area (Å²) in [4.78, 5) is 11.9. The van der Waals surface area contributed by atoms with Gasteiger partial charge in [-0.1, -0.05) is 26.0 Å². The molecule has 0 spiro atoms. The van der Waals surface area contributed by atoms with E-state index in [4.69, 9.17) is 9.47 Å². The van der Waals surface area contributed by atoms with Crippen molar-refractivity contribution < 1.29 is 22.7 Å². The normalized spacial score (nSPS) is 11.3. The summed E-state index contributed by atoms with van der Waals surface area (Å²) >= 11 is 0. The molecule has 1 N–H and O–H groups in total. The van der Waals surface area contributed by atoms with Gasteiger partial charge in [0.15, 0.2) is 0 Å². The van der Waals surface area contributed by atoms with Gasteiger partial charge in [0.05, 0.1) is 30.4 Å². The Morgan fingerprint density at radius 3 is 2.39 bits per heavy atom. The maximum atomic E-state index is 12.8. The number of carbonyl (C=O) groups is 1. The molecule has 8 heteroatoms. The first-order chi connectivity index (χ1) is 13.4. The van der Waals surface area contributed by atoms with Gasteiger partial charge < -0.3 is 14.8 Å². The largest absolute Gasteiger partial charge is 0.495 e. The number of benzene rings is 2. The Morgan fingerprint density at radius 2 is 1.79 bits per heavy atom. The van der Waals surface area contributed by atoms with Gasteiger partial charge in [-0.25, -0.2) is 13.2 Å². The summed E-state index contributed by atoms with van der Waals surface area (Å²) in [7, 11) is -0.718. The minimum absolute atomic E-state index is 0.197. The predicted molar refractivity (Wildman–Crippen MR) is 108 cm³/mol. The van der Waals surface area contributed by atoms with Crippen molar-refractivity contribution >= 4 is 21.7 Å². The first kappa shape index (κ1) is 21.7. The molecule has 2 rings (SSSR count). The van der Waals surface area contributed by atoms with Gasteiger partial charge in [-0.2, -0.15) is 4.31 Å². The molecule has 0 aromatic heterocycles. The molecule has 0 saturated heterocycles. The van der Waals surface area contributed by atoms with Crippen LogP contribution in [0.2, 0.25) is 0 Å². The highest BCUT2D eigenvalue weighted by Gasteiger charge is 2.22. The summed E-state index contributed by atoms with van der Waals surface area (Å²) in [5, 5.41) is 3.19. The van der Waals surface area contributed by atoms with Gasteiger partial charge in [-0.15, -0.1) is 0 Å². The second kappa shape index (κ2) is 9.57. The number of carbonyl (C=O) groups excluding carboxylic acids is 1. The Balaban J connectivity index is 2.29. The van der Waals surface area contributed by atoms with E-state index in [1.165, 1.54) is 24.6 Å². The van der Waals surface area contributed by atoms with Crippen molar-refractivity contribution in [1.29, 1.82) is 0 Å². The van der Waals surface area contributed by atoms with E-state index in [2.05, 4.69) is 5.32 Å². The first-order valence-electron chi connectivity index (χ1n) is 8.96. The molecule has 0 aliphatic carbocycles. The van der Waals surface area contributed by atoms with E-state index in [0.717, 1.165) is 5.56 Å². The maximum Gasteiger partial charge on any atom is 0.337 e. The quantitative estimate of drug-likeness (QED) is 0.644. The summed E-state index contributed by atoms with van der Waals surface area (Å²) in [6.45, 7) is 4.79. The topological polar surface area (TPSA) is 84.9 Å². The zero-order chi connectivity index (χ0) is 20.7. The van der Waals surface area contributed by atoms with Gasteiger partial charge in [0.25, 0.3) is 0 Å². The second-order valence-corrected chi connectivity index (χ2v) is 7.93. The lowest BCUT2D eigenvalue weighted by atomic mass is 10.1. The van der Waals surface area contributed by atoms with Crippen LogP contribution in [0, 0.1) is 0 Å². The van der Waals surface area contributed by atoms with Gasteiger partial charge in [0.2, 0.25) is 10.0 Å². The molecule has 2 aromatic carbocycles. The van der Waals surface area contributed by atoms with Crippen LogP contribution in [0.5, 0.6) is 5.75 Å². The van der Waals surface area contributed by atoms with Crippen LogP contribution in [0.4, 0.5) is 5.69 Å². The van der Waals surface area contributed by atoms with Gasteiger partial charge in [0.1, 0.15) is 5.75 Å². The number of hydrogen-bond donors (Lipinski definition) is 1. The number of methoxy groups -OCH3 is 2. The fourth-order valence-electron chi connectivity index (χ4n) is 2.82. The summed E-state index contributed by atoms with van der Waals surface area (Å²) < 4.78 is 37.0. The molecule has 2 aromatic rings. The van der Waals surface area contributed by atoms with Crippen molar-refractivity contribution in [3.05, 3.63) is 53.6 Å². The SMILES string of the molecule is CCN(CC)S(=O)(=O)c1ccc(OC)c(NCc2cccc(C(=O)OC)c2)c1. The van der Waals surface area contributed by atoms with Crippen LogP contribution in [0.3, 0.4) is 0 Å². The van der Waals surface area contributed by atoms with E-state index < -0.39 is 16.0 Å². The van der Waals surface area contributed by atoms with Crippen molar-refractivity contribution in [1.82, 2.24) is 4.31 Å². The minimum atomic E-state index is -3.58. The fraction of sp³-hybridized carbons (Fsp3) is 0.350. The molecule has 28 heavy (non-hydrogen) atoms. The van der Waals surface area contributed by atoms with Crippen molar-refractivity contribution in [3.8, 4) is 5.75 Å². The van der Waals surface area contributed by atoms with Gasteiger partial charge >= 0.3 is 5.97 Å². The predicted octanol–water partition coefficient (Wildman–Crippen LogP) is 3.12. The summed E-state index contributed by atoms with van der Waals surface area (Å²) in [5.41, 5.74) is 1.85. The molecule has 0 amide bonds. The third-order valence-electron chi connectivity index (χ3n) is 4.35. The van der Waals surface area contributed by atoms with Crippen LogP contribution in [0.1, 0.15) is 29.8 Å². The fourth-order valence-corrected chi connectivity index (χ4v) is 4.31. The molecule has 0 saturated carbocycles. The third kappa shape index (κ3) is 4.82. The third-order valence-corrected chi connectivity index (χ3v) is 6.39. The Morgan fingerprint density at radius 1 is 1.07 bits per heavy atom. The van der Waals surface area contributed by atoms with Crippen molar-refractivity contribution in [2.24, 2.45) is 0 Å². The highest BCUT2D eigenvalue weighted by molar-refractivity contribution is 7.89. The smallest absolute Gasteiger partial charge is 0.337 e.